The fourth-order valence-electron chi connectivity index (χ4n) is 0.679. The number of imidazole rings is 1. The van der Waals surface area contributed by atoms with Crippen LogP contribution in [-0.2, 0) is 6.54 Å². The van der Waals surface area contributed by atoms with Gasteiger partial charge in [0.2, 0.25) is 0 Å². The second-order valence-corrected chi connectivity index (χ2v) is 2.18. The molecule has 0 amide bonds. The second kappa shape index (κ2) is 3.34. The molecule has 0 saturated carbocycles. The number of aromatic nitrogens is 2. The van der Waals surface area contributed by atoms with Crippen molar-refractivity contribution in [2.24, 2.45) is 0 Å². The SMILES string of the molecule is CN(O)CCn1ccnc1. The van der Waals surface area contributed by atoms with Gasteiger partial charge in [-0.15, -0.1) is 0 Å². The van der Waals surface area contributed by atoms with Gasteiger partial charge in [-0.1, -0.05) is 0 Å². The molecule has 0 spiro atoms. The van der Waals surface area contributed by atoms with Gasteiger partial charge in [0.25, 0.3) is 0 Å². The lowest BCUT2D eigenvalue weighted by Crippen LogP contribution is -2.18. The number of rotatable bonds is 3. The van der Waals surface area contributed by atoms with Crippen molar-refractivity contribution in [2.45, 2.75) is 6.54 Å². The minimum absolute atomic E-state index is 0.621. The van der Waals surface area contributed by atoms with Crippen LogP contribution in [0.25, 0.3) is 0 Å². The number of hydrogen-bond donors (Lipinski definition) is 1. The van der Waals surface area contributed by atoms with Gasteiger partial charge < -0.3 is 9.77 Å². The van der Waals surface area contributed by atoms with Crippen LogP contribution < -0.4 is 0 Å². The summed E-state index contributed by atoms with van der Waals surface area (Å²) in [5.41, 5.74) is 0. The van der Waals surface area contributed by atoms with Crippen LogP contribution in [0.15, 0.2) is 18.7 Å². The van der Waals surface area contributed by atoms with E-state index in [4.69, 9.17) is 5.21 Å². The van der Waals surface area contributed by atoms with Crippen molar-refractivity contribution < 1.29 is 5.21 Å². The number of likely N-dealkylation sites (N-methyl/N-ethyl adjacent to an activating group) is 1. The summed E-state index contributed by atoms with van der Waals surface area (Å²) >= 11 is 0. The standard InChI is InChI=1S/C6H11N3O/c1-8(10)4-5-9-3-2-7-6-9/h2-3,6,10H,4-5H2,1H3. The molecule has 10 heavy (non-hydrogen) atoms. The van der Waals surface area contributed by atoms with Crippen molar-refractivity contribution >= 4 is 0 Å². The van der Waals surface area contributed by atoms with Gasteiger partial charge in [-0.3, -0.25) is 0 Å². The molecular formula is C6H11N3O. The molecule has 4 heteroatoms. The monoisotopic (exact) mass is 141 g/mol. The van der Waals surface area contributed by atoms with E-state index in [0.717, 1.165) is 11.6 Å². The highest BCUT2D eigenvalue weighted by Crippen LogP contribution is 1.85. The van der Waals surface area contributed by atoms with Crippen LogP contribution in [0.2, 0.25) is 0 Å². The van der Waals surface area contributed by atoms with Crippen molar-refractivity contribution in [2.75, 3.05) is 13.6 Å². The molecule has 0 aliphatic carbocycles. The Morgan fingerprint density at radius 2 is 2.50 bits per heavy atom. The summed E-state index contributed by atoms with van der Waals surface area (Å²) in [4.78, 5) is 3.86. The Morgan fingerprint density at radius 1 is 1.70 bits per heavy atom. The first-order chi connectivity index (χ1) is 4.79. The minimum Gasteiger partial charge on any atom is -0.336 e. The molecule has 0 saturated heterocycles. The molecule has 0 aromatic carbocycles. The predicted molar refractivity (Wildman–Crippen MR) is 36.6 cm³/mol. The zero-order valence-electron chi connectivity index (χ0n) is 5.94. The smallest absolute Gasteiger partial charge is 0.0946 e. The summed E-state index contributed by atoms with van der Waals surface area (Å²) in [6.07, 6.45) is 5.31. The summed E-state index contributed by atoms with van der Waals surface area (Å²) in [5.74, 6) is 0. The van der Waals surface area contributed by atoms with Gasteiger partial charge in [-0.05, 0) is 0 Å². The largest absolute Gasteiger partial charge is 0.336 e. The topological polar surface area (TPSA) is 41.3 Å². The Kier molecular flexibility index (Phi) is 2.42. The van der Waals surface area contributed by atoms with E-state index in [1.807, 2.05) is 10.8 Å². The van der Waals surface area contributed by atoms with E-state index >= 15 is 0 Å². The average molecular weight is 141 g/mol. The lowest BCUT2D eigenvalue weighted by Gasteiger charge is -2.06. The summed E-state index contributed by atoms with van der Waals surface area (Å²) in [5, 5.41) is 9.90. The average Bonchev–Trinajstić information content (AvgIpc) is 2.34. The van der Waals surface area contributed by atoms with E-state index < -0.39 is 0 Å². The Morgan fingerprint density at radius 3 is 3.00 bits per heavy atom. The van der Waals surface area contributed by atoms with E-state index in [1.165, 1.54) is 0 Å². The molecule has 0 aliphatic rings. The third-order valence-corrected chi connectivity index (χ3v) is 1.24. The van der Waals surface area contributed by atoms with E-state index in [0.29, 0.717) is 6.54 Å². The highest BCUT2D eigenvalue weighted by Gasteiger charge is 1.91. The molecule has 1 heterocycles. The molecule has 0 atom stereocenters. The molecule has 0 aliphatic heterocycles. The molecule has 0 radical (unpaired) electrons. The molecule has 1 rings (SSSR count). The maximum atomic E-state index is 8.75. The van der Waals surface area contributed by atoms with Gasteiger partial charge >= 0.3 is 0 Å². The van der Waals surface area contributed by atoms with Crippen LogP contribution in [0.5, 0.6) is 0 Å². The van der Waals surface area contributed by atoms with Crippen molar-refractivity contribution in [3.63, 3.8) is 0 Å². The predicted octanol–water partition coefficient (Wildman–Crippen LogP) is 0.204. The van der Waals surface area contributed by atoms with Crippen LogP contribution in [0.4, 0.5) is 0 Å². The molecule has 1 aromatic rings. The fraction of sp³-hybridized carbons (Fsp3) is 0.500. The zero-order valence-corrected chi connectivity index (χ0v) is 5.94. The lowest BCUT2D eigenvalue weighted by molar-refractivity contribution is -0.0668. The van der Waals surface area contributed by atoms with Gasteiger partial charge in [0.05, 0.1) is 6.33 Å². The van der Waals surface area contributed by atoms with Gasteiger partial charge in [-0.2, -0.15) is 5.06 Å². The Bertz CT molecular complexity index is 171. The molecule has 0 bridgehead atoms. The zero-order chi connectivity index (χ0) is 7.40. The number of hydrogen-bond acceptors (Lipinski definition) is 3. The molecule has 4 nitrogen and oxygen atoms in total. The van der Waals surface area contributed by atoms with Gasteiger partial charge in [-0.25, -0.2) is 4.98 Å². The van der Waals surface area contributed by atoms with Gasteiger partial charge in [0, 0.05) is 32.5 Å². The summed E-state index contributed by atoms with van der Waals surface area (Å²) in [7, 11) is 1.62. The van der Waals surface area contributed by atoms with Crippen molar-refractivity contribution in [1.82, 2.24) is 14.6 Å². The highest BCUT2D eigenvalue weighted by atomic mass is 16.5. The lowest BCUT2D eigenvalue weighted by atomic mass is 10.6. The van der Waals surface area contributed by atoms with Crippen LogP contribution in [-0.4, -0.2) is 33.4 Å². The fourth-order valence-corrected chi connectivity index (χ4v) is 0.679. The quantitative estimate of drug-likeness (QED) is 0.611. The van der Waals surface area contributed by atoms with Gasteiger partial charge in [0.15, 0.2) is 0 Å². The Balaban J connectivity index is 2.28. The summed E-state index contributed by atoms with van der Waals surface area (Å²) in [6.45, 7) is 1.39. The van der Waals surface area contributed by atoms with Crippen LogP contribution in [0, 0.1) is 0 Å². The first kappa shape index (κ1) is 7.24. The maximum absolute atomic E-state index is 8.75. The van der Waals surface area contributed by atoms with Crippen LogP contribution >= 0.6 is 0 Å². The Hall–Kier alpha value is -0.870. The molecule has 56 valence electrons. The first-order valence-corrected chi connectivity index (χ1v) is 3.15. The maximum Gasteiger partial charge on any atom is 0.0946 e. The van der Waals surface area contributed by atoms with Crippen molar-refractivity contribution in [3.05, 3.63) is 18.7 Å². The third kappa shape index (κ3) is 2.16. The molecule has 1 N–H and O–H groups in total. The molecular weight excluding hydrogens is 130 g/mol. The van der Waals surface area contributed by atoms with Gasteiger partial charge in [0.1, 0.15) is 0 Å². The number of nitrogens with zero attached hydrogens (tertiary/aromatic N) is 3. The molecule has 1 aromatic heterocycles. The summed E-state index contributed by atoms with van der Waals surface area (Å²) < 4.78 is 1.91. The van der Waals surface area contributed by atoms with E-state index in [2.05, 4.69) is 4.98 Å². The minimum atomic E-state index is 0.621. The van der Waals surface area contributed by atoms with E-state index in [1.54, 1.807) is 19.6 Å². The van der Waals surface area contributed by atoms with E-state index in [9.17, 15) is 0 Å². The number of hydroxylamine groups is 2. The molecule has 0 unspecified atom stereocenters. The molecule has 0 fully saturated rings. The normalized spacial score (nSPS) is 10.7. The highest BCUT2D eigenvalue weighted by molar-refractivity contribution is 4.73. The second-order valence-electron chi connectivity index (χ2n) is 2.18. The van der Waals surface area contributed by atoms with Crippen LogP contribution in [0.3, 0.4) is 0 Å². The van der Waals surface area contributed by atoms with Crippen molar-refractivity contribution in [1.29, 1.82) is 0 Å². The van der Waals surface area contributed by atoms with Crippen molar-refractivity contribution in [3.8, 4) is 0 Å². The first-order valence-electron chi connectivity index (χ1n) is 3.15. The van der Waals surface area contributed by atoms with Crippen LogP contribution in [0.1, 0.15) is 0 Å². The Labute approximate surface area is 59.7 Å². The van der Waals surface area contributed by atoms with E-state index in [-0.39, 0.29) is 0 Å². The summed E-state index contributed by atoms with van der Waals surface area (Å²) in [6, 6.07) is 0. The third-order valence-electron chi connectivity index (χ3n) is 1.24.